The van der Waals surface area contributed by atoms with Crippen LogP contribution in [-0.4, -0.2) is 43.6 Å². The van der Waals surface area contributed by atoms with E-state index < -0.39 is 0 Å². The molecule has 2 aromatic rings. The maximum atomic E-state index is 12.5. The Hall–Kier alpha value is -2.08. The fourth-order valence-corrected chi connectivity index (χ4v) is 3.61. The van der Waals surface area contributed by atoms with Crippen molar-refractivity contribution in [3.05, 3.63) is 39.8 Å². The Morgan fingerprint density at radius 2 is 2.04 bits per heavy atom. The van der Waals surface area contributed by atoms with Crippen LogP contribution < -0.4 is 9.47 Å². The molecule has 1 amide bonds. The zero-order valence-electron chi connectivity index (χ0n) is 14.2. The molecule has 0 radical (unpaired) electrons. The molecule has 1 aromatic heterocycles. The summed E-state index contributed by atoms with van der Waals surface area (Å²) in [6, 6.07) is 5.84. The summed E-state index contributed by atoms with van der Waals surface area (Å²) in [5.41, 5.74) is 1.11. The van der Waals surface area contributed by atoms with Crippen molar-refractivity contribution in [3.63, 3.8) is 0 Å². The van der Waals surface area contributed by atoms with Crippen LogP contribution in [0.25, 0.3) is 0 Å². The van der Waals surface area contributed by atoms with Gasteiger partial charge in [-0.2, -0.15) is 0 Å². The third-order valence-electron chi connectivity index (χ3n) is 4.19. The van der Waals surface area contributed by atoms with Crippen LogP contribution in [0.2, 0.25) is 0 Å². The number of hydrogen-bond acceptors (Lipinski definition) is 5. The summed E-state index contributed by atoms with van der Waals surface area (Å²) in [6.45, 7) is 0.644. The van der Waals surface area contributed by atoms with Gasteiger partial charge in [-0.15, -0.1) is 11.3 Å². The molecule has 0 atom stereocenters. The fourth-order valence-electron chi connectivity index (χ4n) is 2.53. The normalized spacial score (nSPS) is 13.6. The van der Waals surface area contributed by atoms with Gasteiger partial charge in [-0.25, -0.2) is 4.98 Å². The predicted octanol–water partition coefficient (Wildman–Crippen LogP) is 3.35. The Bertz CT molecular complexity index is 725. The van der Waals surface area contributed by atoms with Crippen molar-refractivity contribution in [2.24, 2.45) is 0 Å². The number of aromatic nitrogens is 1. The molecule has 1 aromatic carbocycles. The largest absolute Gasteiger partial charge is 0.493 e. The highest BCUT2D eigenvalue weighted by Crippen LogP contribution is 2.41. The lowest BCUT2D eigenvalue weighted by atomic mass is 10.1. The van der Waals surface area contributed by atoms with E-state index in [2.05, 4.69) is 4.98 Å². The van der Waals surface area contributed by atoms with Crippen LogP contribution in [0.5, 0.6) is 11.5 Å². The van der Waals surface area contributed by atoms with Crippen LogP contribution in [0, 0.1) is 0 Å². The molecule has 6 heteroatoms. The maximum absolute atomic E-state index is 12.5. The van der Waals surface area contributed by atoms with Gasteiger partial charge in [0, 0.05) is 19.5 Å². The number of ether oxygens (including phenoxy) is 2. The molecule has 1 fully saturated rings. The van der Waals surface area contributed by atoms with Crippen LogP contribution in [-0.2, 0) is 6.42 Å². The van der Waals surface area contributed by atoms with E-state index >= 15 is 0 Å². The number of hydrogen-bond donors (Lipinski definition) is 0. The summed E-state index contributed by atoms with van der Waals surface area (Å²) >= 11 is 1.53. The molecule has 1 aliphatic carbocycles. The van der Waals surface area contributed by atoms with E-state index in [1.807, 2.05) is 25.2 Å². The van der Waals surface area contributed by atoms with Gasteiger partial charge in [0.2, 0.25) is 0 Å². The van der Waals surface area contributed by atoms with Gasteiger partial charge in [0.15, 0.2) is 11.5 Å². The Kier molecular flexibility index (Phi) is 5.04. The SMILES string of the molecule is COc1ccc(CCN(C)C(=O)c2cnc(C3CC3)s2)cc1OC. The molecule has 0 unspecified atom stereocenters. The molecule has 0 bridgehead atoms. The van der Waals surface area contributed by atoms with Gasteiger partial charge in [-0.3, -0.25) is 4.79 Å². The second-order valence-corrected chi connectivity index (χ2v) is 7.07. The van der Waals surface area contributed by atoms with E-state index in [4.69, 9.17) is 9.47 Å². The number of thiazole rings is 1. The second kappa shape index (κ2) is 7.21. The first-order valence-electron chi connectivity index (χ1n) is 8.04. The van der Waals surface area contributed by atoms with E-state index in [0.717, 1.165) is 21.9 Å². The maximum Gasteiger partial charge on any atom is 0.265 e. The monoisotopic (exact) mass is 346 g/mol. The first kappa shape index (κ1) is 16.8. The van der Waals surface area contributed by atoms with Crippen LogP contribution >= 0.6 is 11.3 Å². The highest BCUT2D eigenvalue weighted by atomic mass is 32.1. The quantitative estimate of drug-likeness (QED) is 0.771. The zero-order valence-corrected chi connectivity index (χ0v) is 15.1. The van der Waals surface area contributed by atoms with Gasteiger partial charge >= 0.3 is 0 Å². The molecular formula is C18H22N2O3S. The van der Waals surface area contributed by atoms with Gasteiger partial charge in [0.1, 0.15) is 4.88 Å². The molecule has 0 saturated heterocycles. The van der Waals surface area contributed by atoms with Gasteiger partial charge in [-0.05, 0) is 37.0 Å². The van der Waals surface area contributed by atoms with Crippen molar-refractivity contribution in [1.29, 1.82) is 0 Å². The van der Waals surface area contributed by atoms with Crippen molar-refractivity contribution in [3.8, 4) is 11.5 Å². The van der Waals surface area contributed by atoms with Gasteiger partial charge in [0.05, 0.1) is 25.4 Å². The zero-order chi connectivity index (χ0) is 17.1. The number of nitrogens with zero attached hydrogens (tertiary/aromatic N) is 2. The number of carbonyl (C=O) groups excluding carboxylic acids is 1. The second-order valence-electron chi connectivity index (χ2n) is 6.00. The standard InChI is InChI=1S/C18H22N2O3S/c1-20(18(21)16-11-19-17(24-16)13-5-6-13)9-8-12-4-7-14(22-2)15(10-12)23-3/h4,7,10-11,13H,5-6,8-9H2,1-3H3. The molecule has 0 spiro atoms. The average Bonchev–Trinajstić information content (AvgIpc) is 3.35. The Morgan fingerprint density at radius 1 is 1.29 bits per heavy atom. The van der Waals surface area contributed by atoms with Crippen LogP contribution in [0.1, 0.15) is 39.0 Å². The Balaban J connectivity index is 1.59. The highest BCUT2D eigenvalue weighted by molar-refractivity contribution is 7.13. The summed E-state index contributed by atoms with van der Waals surface area (Å²) < 4.78 is 10.6. The van der Waals surface area contributed by atoms with Crippen LogP contribution in [0.4, 0.5) is 0 Å². The van der Waals surface area contributed by atoms with Crippen molar-refractivity contribution >= 4 is 17.2 Å². The average molecular weight is 346 g/mol. The van der Waals surface area contributed by atoms with Gasteiger partial charge in [0.25, 0.3) is 5.91 Å². The van der Waals surface area contributed by atoms with Crippen molar-refractivity contribution in [1.82, 2.24) is 9.88 Å². The molecule has 5 nitrogen and oxygen atoms in total. The van der Waals surface area contributed by atoms with Crippen molar-refractivity contribution in [2.75, 3.05) is 27.8 Å². The summed E-state index contributed by atoms with van der Waals surface area (Å²) in [5, 5.41) is 1.10. The molecule has 1 aliphatic rings. The van der Waals surface area contributed by atoms with E-state index in [0.29, 0.717) is 24.0 Å². The minimum atomic E-state index is 0.0416. The van der Waals surface area contributed by atoms with Gasteiger partial charge in [-0.1, -0.05) is 6.07 Å². The lowest BCUT2D eigenvalue weighted by Crippen LogP contribution is -2.28. The molecule has 1 heterocycles. The van der Waals surface area contributed by atoms with Gasteiger partial charge < -0.3 is 14.4 Å². The van der Waals surface area contributed by atoms with Crippen molar-refractivity contribution < 1.29 is 14.3 Å². The highest BCUT2D eigenvalue weighted by Gasteiger charge is 2.28. The number of rotatable bonds is 7. The summed E-state index contributed by atoms with van der Waals surface area (Å²) in [6.07, 6.45) is 4.89. The molecule has 128 valence electrons. The third-order valence-corrected chi connectivity index (χ3v) is 5.34. The number of carbonyl (C=O) groups is 1. The molecule has 24 heavy (non-hydrogen) atoms. The number of likely N-dealkylation sites (N-methyl/N-ethyl adjacent to an activating group) is 1. The number of amides is 1. The summed E-state index contributed by atoms with van der Waals surface area (Å²) in [7, 11) is 5.08. The Labute approximate surface area is 146 Å². The topological polar surface area (TPSA) is 51.7 Å². The first-order chi connectivity index (χ1) is 11.6. The van der Waals surface area contributed by atoms with Crippen LogP contribution in [0.15, 0.2) is 24.4 Å². The van der Waals surface area contributed by atoms with Crippen LogP contribution in [0.3, 0.4) is 0 Å². The van der Waals surface area contributed by atoms with Crippen molar-refractivity contribution in [2.45, 2.75) is 25.2 Å². The molecule has 0 aliphatic heterocycles. The Morgan fingerprint density at radius 3 is 2.71 bits per heavy atom. The lowest BCUT2D eigenvalue weighted by molar-refractivity contribution is 0.0801. The smallest absolute Gasteiger partial charge is 0.265 e. The van der Waals surface area contributed by atoms with E-state index in [9.17, 15) is 4.79 Å². The van der Waals surface area contributed by atoms with E-state index in [1.165, 1.54) is 24.2 Å². The van der Waals surface area contributed by atoms with E-state index in [1.54, 1.807) is 25.3 Å². The number of benzene rings is 1. The number of methoxy groups -OCH3 is 2. The molecule has 3 rings (SSSR count). The fraction of sp³-hybridized carbons (Fsp3) is 0.444. The minimum absolute atomic E-state index is 0.0416. The predicted molar refractivity (Wildman–Crippen MR) is 94.3 cm³/mol. The third kappa shape index (κ3) is 3.70. The summed E-state index contributed by atoms with van der Waals surface area (Å²) in [4.78, 5) is 19.4. The molecule has 0 N–H and O–H groups in total. The minimum Gasteiger partial charge on any atom is -0.493 e. The first-order valence-corrected chi connectivity index (χ1v) is 8.86. The van der Waals surface area contributed by atoms with E-state index in [-0.39, 0.29) is 5.91 Å². The molecular weight excluding hydrogens is 324 g/mol. The lowest BCUT2D eigenvalue weighted by Gasteiger charge is -2.16. The molecule has 1 saturated carbocycles. The summed E-state index contributed by atoms with van der Waals surface area (Å²) in [5.74, 6) is 2.05.